The highest BCUT2D eigenvalue weighted by Gasteiger charge is 2.21. The topological polar surface area (TPSA) is 17.8 Å². The van der Waals surface area contributed by atoms with Crippen LogP contribution in [0.1, 0.15) is 5.56 Å². The number of imidazole rings is 1. The van der Waals surface area contributed by atoms with Gasteiger partial charge in [-0.05, 0) is 74.3 Å². The summed E-state index contributed by atoms with van der Waals surface area (Å²) in [5.74, 6) is 0.934. The first-order valence-corrected chi connectivity index (χ1v) is 14.9. The van der Waals surface area contributed by atoms with Crippen molar-refractivity contribution in [3.63, 3.8) is 0 Å². The Bertz CT molecular complexity index is 1980. The monoisotopic (exact) mass is 542 g/mol. The second kappa shape index (κ2) is 9.96. The van der Waals surface area contributed by atoms with Gasteiger partial charge in [0.2, 0.25) is 0 Å². The minimum atomic E-state index is 0.934. The summed E-state index contributed by atoms with van der Waals surface area (Å²) in [6.07, 6.45) is 0. The van der Waals surface area contributed by atoms with Gasteiger partial charge in [-0.25, -0.2) is 4.98 Å². The molecule has 0 amide bonds. The summed E-state index contributed by atoms with van der Waals surface area (Å²) in [4.78, 5) is 4.91. The Morgan fingerprint density at radius 3 is 1.88 bits per heavy atom. The lowest BCUT2D eigenvalue weighted by Gasteiger charge is -2.20. The molecule has 41 heavy (non-hydrogen) atoms. The fourth-order valence-electron chi connectivity index (χ4n) is 5.98. The van der Waals surface area contributed by atoms with Gasteiger partial charge < -0.3 is 0 Å². The highest BCUT2D eigenvalue weighted by atomic mass is 32.2. The maximum Gasteiger partial charge on any atom is 0.174 e. The molecule has 0 aliphatic carbocycles. The molecule has 3 heteroatoms. The Hall–Kier alpha value is -4.86. The molecule has 0 N–H and O–H groups in total. The minimum absolute atomic E-state index is 0.934. The van der Waals surface area contributed by atoms with Crippen molar-refractivity contribution in [2.75, 3.05) is 0 Å². The third kappa shape index (κ3) is 4.18. The average Bonchev–Trinajstić information content (AvgIpc) is 3.44. The van der Waals surface area contributed by atoms with Crippen LogP contribution in [0, 0.1) is 0 Å². The van der Waals surface area contributed by atoms with E-state index in [1.165, 1.54) is 55.8 Å². The van der Waals surface area contributed by atoms with E-state index in [1.54, 1.807) is 0 Å². The Morgan fingerprint density at radius 2 is 1.12 bits per heavy atom. The molecule has 0 unspecified atom stereocenters. The molecule has 1 aliphatic heterocycles. The van der Waals surface area contributed by atoms with Gasteiger partial charge in [-0.3, -0.25) is 4.57 Å². The summed E-state index contributed by atoms with van der Waals surface area (Å²) in [6.45, 7) is 0. The van der Waals surface area contributed by atoms with Gasteiger partial charge in [-0.2, -0.15) is 0 Å². The average molecular weight is 543 g/mol. The zero-order valence-electron chi connectivity index (χ0n) is 22.4. The number of para-hydroxylation sites is 2. The molecule has 0 bridgehead atoms. The van der Waals surface area contributed by atoms with Crippen LogP contribution in [0.3, 0.4) is 0 Å². The fourth-order valence-corrected chi connectivity index (χ4v) is 7.00. The first kappa shape index (κ1) is 24.0. The van der Waals surface area contributed by atoms with Gasteiger partial charge in [0.25, 0.3) is 0 Å². The highest BCUT2D eigenvalue weighted by molar-refractivity contribution is 7.98. The Morgan fingerprint density at radius 1 is 0.512 bits per heavy atom. The summed E-state index contributed by atoms with van der Waals surface area (Å²) in [5, 5.41) is 1.06. The standard InChI is InChI=1S/C38H26N2S/c1-3-11-26(12-4-1)32-17-10-18-33(27-13-5-2-6-14-27)37(32)30-16-9-15-28(23-30)29-21-22-31-25-41-38-39-34-19-7-8-20-35(34)40(38)36(31)24-29/h1-24H,25H2. The lowest BCUT2D eigenvalue weighted by Crippen LogP contribution is -2.06. The zero-order chi connectivity index (χ0) is 27.2. The van der Waals surface area contributed by atoms with E-state index >= 15 is 0 Å². The molecule has 1 aromatic heterocycles. The molecular formula is C38H26N2S. The van der Waals surface area contributed by atoms with E-state index in [0.29, 0.717) is 0 Å². The molecule has 2 heterocycles. The largest absolute Gasteiger partial charge is 0.287 e. The van der Waals surface area contributed by atoms with Crippen molar-refractivity contribution in [1.82, 2.24) is 9.55 Å². The van der Waals surface area contributed by atoms with E-state index < -0.39 is 0 Å². The second-order valence-electron chi connectivity index (χ2n) is 10.4. The molecule has 7 aromatic rings. The van der Waals surface area contributed by atoms with Gasteiger partial charge in [0.15, 0.2) is 5.16 Å². The molecule has 6 aromatic carbocycles. The van der Waals surface area contributed by atoms with Crippen LogP contribution in [-0.4, -0.2) is 9.55 Å². The molecule has 0 saturated heterocycles. The summed E-state index contributed by atoms with van der Waals surface area (Å²) in [7, 11) is 0. The third-order valence-corrected chi connectivity index (χ3v) is 8.92. The van der Waals surface area contributed by atoms with E-state index in [0.717, 1.165) is 21.9 Å². The van der Waals surface area contributed by atoms with E-state index in [1.807, 2.05) is 11.8 Å². The van der Waals surface area contributed by atoms with E-state index in [4.69, 9.17) is 4.98 Å². The van der Waals surface area contributed by atoms with Crippen LogP contribution in [0.15, 0.2) is 151 Å². The first-order valence-electron chi connectivity index (χ1n) is 13.9. The molecule has 0 spiro atoms. The number of hydrogen-bond acceptors (Lipinski definition) is 2. The molecule has 8 rings (SSSR count). The normalized spacial score (nSPS) is 12.2. The molecule has 0 radical (unpaired) electrons. The molecular weight excluding hydrogens is 516 g/mol. The highest BCUT2D eigenvalue weighted by Crippen LogP contribution is 2.42. The van der Waals surface area contributed by atoms with E-state index in [9.17, 15) is 0 Å². The summed E-state index contributed by atoms with van der Waals surface area (Å²) in [6, 6.07) is 52.4. The maximum absolute atomic E-state index is 4.91. The quantitative estimate of drug-likeness (QED) is 0.220. The van der Waals surface area contributed by atoms with Crippen molar-refractivity contribution in [3.05, 3.63) is 151 Å². The summed E-state index contributed by atoms with van der Waals surface area (Å²) < 4.78 is 2.32. The molecule has 2 nitrogen and oxygen atoms in total. The van der Waals surface area contributed by atoms with Crippen molar-refractivity contribution in [3.8, 4) is 50.2 Å². The van der Waals surface area contributed by atoms with Crippen molar-refractivity contribution in [2.24, 2.45) is 0 Å². The van der Waals surface area contributed by atoms with Gasteiger partial charge in [0, 0.05) is 5.75 Å². The summed E-state index contributed by atoms with van der Waals surface area (Å²) >= 11 is 1.81. The lowest BCUT2D eigenvalue weighted by molar-refractivity contribution is 0.895. The SMILES string of the molecule is c1ccc(-c2cccc(-c3ccccc3)c2-c2cccc(-c3ccc4c(c3)-n3c(nc5ccccc53)SC4)c2)cc1. The van der Waals surface area contributed by atoms with Gasteiger partial charge in [-0.1, -0.05) is 133 Å². The lowest BCUT2D eigenvalue weighted by atomic mass is 9.86. The molecule has 194 valence electrons. The van der Waals surface area contributed by atoms with Gasteiger partial charge >= 0.3 is 0 Å². The maximum atomic E-state index is 4.91. The van der Waals surface area contributed by atoms with Crippen LogP contribution >= 0.6 is 11.8 Å². The van der Waals surface area contributed by atoms with Crippen molar-refractivity contribution < 1.29 is 0 Å². The van der Waals surface area contributed by atoms with Crippen molar-refractivity contribution >= 4 is 22.8 Å². The van der Waals surface area contributed by atoms with Crippen LogP contribution in [-0.2, 0) is 5.75 Å². The van der Waals surface area contributed by atoms with E-state index in [2.05, 4.69) is 150 Å². The molecule has 0 fully saturated rings. The fraction of sp³-hybridized carbons (Fsp3) is 0.0263. The van der Waals surface area contributed by atoms with Crippen molar-refractivity contribution in [2.45, 2.75) is 10.9 Å². The van der Waals surface area contributed by atoms with Crippen molar-refractivity contribution in [1.29, 1.82) is 0 Å². The van der Waals surface area contributed by atoms with Gasteiger partial charge in [0.1, 0.15) is 0 Å². The first-order chi connectivity index (χ1) is 20.3. The third-order valence-electron chi connectivity index (χ3n) is 7.93. The van der Waals surface area contributed by atoms with Crippen LogP contribution in [0.2, 0.25) is 0 Å². The molecule has 0 atom stereocenters. The Balaban J connectivity index is 1.30. The van der Waals surface area contributed by atoms with Gasteiger partial charge in [0.05, 0.1) is 16.7 Å². The number of hydrogen-bond donors (Lipinski definition) is 0. The second-order valence-corrected chi connectivity index (χ2v) is 11.3. The van der Waals surface area contributed by atoms with Crippen LogP contribution < -0.4 is 0 Å². The van der Waals surface area contributed by atoms with Gasteiger partial charge in [-0.15, -0.1) is 0 Å². The minimum Gasteiger partial charge on any atom is -0.287 e. The zero-order valence-corrected chi connectivity index (χ0v) is 23.2. The number of thioether (sulfide) groups is 1. The van der Waals surface area contributed by atoms with Crippen LogP contribution in [0.4, 0.5) is 0 Å². The van der Waals surface area contributed by atoms with Crippen LogP contribution in [0.5, 0.6) is 0 Å². The number of nitrogens with zero attached hydrogens (tertiary/aromatic N) is 2. The van der Waals surface area contributed by atoms with E-state index in [-0.39, 0.29) is 0 Å². The number of rotatable bonds is 4. The number of aromatic nitrogens is 2. The Kier molecular flexibility index (Phi) is 5.82. The summed E-state index contributed by atoms with van der Waals surface area (Å²) in [5.41, 5.74) is 14.6. The predicted molar refractivity (Wildman–Crippen MR) is 172 cm³/mol. The number of benzene rings is 6. The molecule has 0 saturated carbocycles. The predicted octanol–water partition coefficient (Wildman–Crippen LogP) is 10.3. The van der Waals surface area contributed by atoms with Crippen LogP contribution in [0.25, 0.3) is 61.2 Å². The smallest absolute Gasteiger partial charge is 0.174 e. The Labute approximate surface area is 244 Å². The molecule has 1 aliphatic rings. The number of fused-ring (bicyclic) bond motifs is 5.